The Kier molecular flexibility index (Phi) is 4.32. The van der Waals surface area contributed by atoms with Crippen molar-refractivity contribution in [1.82, 2.24) is 0 Å². The van der Waals surface area contributed by atoms with E-state index in [0.717, 1.165) is 23.1 Å². The van der Waals surface area contributed by atoms with Crippen molar-refractivity contribution in [1.29, 1.82) is 5.26 Å². The molecule has 1 rings (SSSR count). The molecule has 0 aromatic heterocycles. The van der Waals surface area contributed by atoms with Crippen LogP contribution in [0.4, 0.5) is 24.5 Å². The van der Waals surface area contributed by atoms with E-state index >= 15 is 0 Å². The molecule has 0 heterocycles. The van der Waals surface area contributed by atoms with Gasteiger partial charge in [-0.2, -0.15) is 18.4 Å². The minimum absolute atomic E-state index is 0.0337. The van der Waals surface area contributed by atoms with Crippen molar-refractivity contribution in [2.75, 3.05) is 18.0 Å². The van der Waals surface area contributed by atoms with Gasteiger partial charge in [-0.25, -0.2) is 0 Å². The smallest absolute Gasteiger partial charge is 0.362 e. The van der Waals surface area contributed by atoms with E-state index in [1.54, 1.807) is 6.07 Å². The molecule has 0 aliphatic rings. The summed E-state index contributed by atoms with van der Waals surface area (Å²) in [7, 11) is 0. The lowest BCUT2D eigenvalue weighted by Gasteiger charge is -2.25. The molecule has 0 amide bonds. The fourth-order valence-electron chi connectivity index (χ4n) is 1.59. The third-order valence-corrected chi connectivity index (χ3v) is 2.40. The first kappa shape index (κ1) is 14.8. The quantitative estimate of drug-likeness (QED) is 0.624. The van der Waals surface area contributed by atoms with E-state index < -0.39 is 17.6 Å². The highest BCUT2D eigenvalue weighted by molar-refractivity contribution is 5.63. The average Bonchev–Trinajstić information content (AvgIpc) is 2.34. The maximum absolute atomic E-state index is 12.4. The van der Waals surface area contributed by atoms with Gasteiger partial charge in [-0.3, -0.25) is 10.1 Å². The molecule has 8 heteroatoms. The van der Waals surface area contributed by atoms with Gasteiger partial charge in [-0.15, -0.1) is 0 Å². The molecular formula is C11H10F3N3O2. The Morgan fingerprint density at radius 3 is 2.53 bits per heavy atom. The summed E-state index contributed by atoms with van der Waals surface area (Å²) in [6, 6.07) is 4.88. The molecule has 19 heavy (non-hydrogen) atoms. The predicted octanol–water partition coefficient (Wildman–Crippen LogP) is 2.86. The van der Waals surface area contributed by atoms with Crippen molar-refractivity contribution in [2.45, 2.75) is 13.1 Å². The van der Waals surface area contributed by atoms with Crippen molar-refractivity contribution < 1.29 is 18.1 Å². The predicted molar refractivity (Wildman–Crippen MR) is 61.8 cm³/mol. The first-order chi connectivity index (χ1) is 8.78. The fraction of sp³-hybridized carbons (Fsp3) is 0.364. The molecule has 102 valence electrons. The van der Waals surface area contributed by atoms with Crippen LogP contribution in [0.5, 0.6) is 0 Å². The molecule has 0 unspecified atom stereocenters. The molecular weight excluding hydrogens is 263 g/mol. The zero-order valence-electron chi connectivity index (χ0n) is 9.94. The van der Waals surface area contributed by atoms with E-state index in [9.17, 15) is 23.3 Å². The Balaban J connectivity index is 3.18. The first-order valence-electron chi connectivity index (χ1n) is 5.28. The summed E-state index contributed by atoms with van der Waals surface area (Å²) in [6.07, 6.45) is -4.41. The SMILES string of the molecule is CCN(CC(F)(F)F)c1ccc([N+](=O)[O-])cc1C#N. The van der Waals surface area contributed by atoms with Gasteiger partial charge in [0.2, 0.25) is 0 Å². The van der Waals surface area contributed by atoms with Crippen LogP contribution in [0.15, 0.2) is 18.2 Å². The lowest BCUT2D eigenvalue weighted by atomic mass is 10.1. The number of halogens is 3. The van der Waals surface area contributed by atoms with Gasteiger partial charge in [0, 0.05) is 18.7 Å². The van der Waals surface area contributed by atoms with E-state index in [1.165, 1.54) is 6.92 Å². The number of nitriles is 1. The van der Waals surface area contributed by atoms with Crippen LogP contribution in [0.25, 0.3) is 0 Å². The molecule has 0 spiro atoms. The Bertz CT molecular complexity index is 523. The second kappa shape index (κ2) is 5.56. The molecule has 0 N–H and O–H groups in total. The van der Waals surface area contributed by atoms with Gasteiger partial charge in [-0.05, 0) is 13.0 Å². The van der Waals surface area contributed by atoms with Crippen LogP contribution in [0.3, 0.4) is 0 Å². The molecule has 0 atom stereocenters. The number of alkyl halides is 3. The number of nitro groups is 1. The minimum atomic E-state index is -4.41. The topological polar surface area (TPSA) is 70.2 Å². The van der Waals surface area contributed by atoms with Crippen LogP contribution in [0.1, 0.15) is 12.5 Å². The number of benzene rings is 1. The maximum atomic E-state index is 12.4. The number of rotatable bonds is 4. The van der Waals surface area contributed by atoms with Crippen LogP contribution in [0, 0.1) is 21.4 Å². The van der Waals surface area contributed by atoms with Crippen LogP contribution >= 0.6 is 0 Å². The summed E-state index contributed by atoms with van der Waals surface area (Å²) in [5.74, 6) is 0. The summed E-state index contributed by atoms with van der Waals surface area (Å²) < 4.78 is 37.2. The number of hydrogen-bond donors (Lipinski definition) is 0. The lowest BCUT2D eigenvalue weighted by molar-refractivity contribution is -0.384. The lowest BCUT2D eigenvalue weighted by Crippen LogP contribution is -2.34. The third kappa shape index (κ3) is 3.84. The highest BCUT2D eigenvalue weighted by Crippen LogP contribution is 2.27. The Morgan fingerprint density at radius 2 is 2.11 bits per heavy atom. The average molecular weight is 273 g/mol. The molecule has 0 aliphatic carbocycles. The summed E-state index contributed by atoms with van der Waals surface area (Å²) in [5, 5.41) is 19.4. The molecule has 1 aromatic carbocycles. The Labute approximate surface area is 107 Å². The molecule has 0 saturated carbocycles. The van der Waals surface area contributed by atoms with Crippen LogP contribution in [-0.2, 0) is 0 Å². The third-order valence-electron chi connectivity index (χ3n) is 2.40. The summed E-state index contributed by atoms with van der Waals surface area (Å²) in [6.45, 7) is 0.330. The Hall–Kier alpha value is -2.30. The van der Waals surface area contributed by atoms with Crippen LogP contribution in [0.2, 0.25) is 0 Å². The van der Waals surface area contributed by atoms with E-state index in [2.05, 4.69) is 0 Å². The molecule has 0 bridgehead atoms. The summed E-state index contributed by atoms with van der Waals surface area (Å²) in [4.78, 5) is 10.8. The monoisotopic (exact) mass is 273 g/mol. The van der Waals surface area contributed by atoms with E-state index in [0.29, 0.717) is 0 Å². The fourth-order valence-corrected chi connectivity index (χ4v) is 1.59. The highest BCUT2D eigenvalue weighted by Gasteiger charge is 2.31. The summed E-state index contributed by atoms with van der Waals surface area (Å²) in [5.41, 5.74) is -0.448. The maximum Gasteiger partial charge on any atom is 0.405 e. The molecule has 1 aromatic rings. The number of nitro benzene ring substituents is 1. The van der Waals surface area contributed by atoms with Crippen molar-refractivity contribution in [3.8, 4) is 6.07 Å². The number of nitrogens with zero attached hydrogens (tertiary/aromatic N) is 3. The zero-order chi connectivity index (χ0) is 14.6. The second-order valence-corrected chi connectivity index (χ2v) is 3.70. The van der Waals surface area contributed by atoms with Crippen LogP contribution in [-0.4, -0.2) is 24.2 Å². The van der Waals surface area contributed by atoms with Gasteiger partial charge in [-0.1, -0.05) is 0 Å². The van der Waals surface area contributed by atoms with Crippen LogP contribution < -0.4 is 4.90 Å². The van der Waals surface area contributed by atoms with Gasteiger partial charge in [0.1, 0.15) is 12.6 Å². The molecule has 0 fully saturated rings. The van der Waals surface area contributed by atoms with Gasteiger partial charge < -0.3 is 4.90 Å². The number of non-ortho nitro benzene ring substituents is 1. The molecule has 5 nitrogen and oxygen atoms in total. The van der Waals surface area contributed by atoms with Gasteiger partial charge in [0.05, 0.1) is 16.2 Å². The Morgan fingerprint density at radius 1 is 1.47 bits per heavy atom. The molecule has 0 radical (unpaired) electrons. The van der Waals surface area contributed by atoms with E-state index in [-0.39, 0.29) is 23.5 Å². The van der Waals surface area contributed by atoms with Gasteiger partial charge >= 0.3 is 6.18 Å². The van der Waals surface area contributed by atoms with Crippen molar-refractivity contribution in [3.63, 3.8) is 0 Å². The molecule has 0 aliphatic heterocycles. The molecule has 0 saturated heterocycles. The summed E-state index contributed by atoms with van der Waals surface area (Å²) >= 11 is 0. The van der Waals surface area contributed by atoms with E-state index in [4.69, 9.17) is 5.26 Å². The normalized spacial score (nSPS) is 10.9. The van der Waals surface area contributed by atoms with Gasteiger partial charge in [0.15, 0.2) is 0 Å². The van der Waals surface area contributed by atoms with Crippen molar-refractivity contribution in [3.05, 3.63) is 33.9 Å². The number of hydrogen-bond acceptors (Lipinski definition) is 4. The first-order valence-corrected chi connectivity index (χ1v) is 5.28. The van der Waals surface area contributed by atoms with Crippen molar-refractivity contribution in [2.24, 2.45) is 0 Å². The van der Waals surface area contributed by atoms with Crippen molar-refractivity contribution >= 4 is 11.4 Å². The van der Waals surface area contributed by atoms with E-state index in [1.807, 2.05) is 0 Å². The standard InChI is InChI=1S/C11H10F3N3O2/c1-2-16(7-11(12,13)14)10-4-3-9(17(18)19)5-8(10)6-15/h3-5H,2,7H2,1H3. The second-order valence-electron chi connectivity index (χ2n) is 3.70. The minimum Gasteiger partial charge on any atom is -0.362 e. The zero-order valence-corrected chi connectivity index (χ0v) is 9.94. The highest BCUT2D eigenvalue weighted by atomic mass is 19.4. The van der Waals surface area contributed by atoms with Gasteiger partial charge in [0.25, 0.3) is 5.69 Å². The number of anilines is 1. The largest absolute Gasteiger partial charge is 0.405 e.